The molecule has 1 aromatic carbocycles. The average molecular weight is 249 g/mol. The maximum atomic E-state index is 9.46. The first-order valence-corrected chi connectivity index (χ1v) is 6.59. The van der Waals surface area contributed by atoms with Crippen LogP contribution >= 0.6 is 0 Å². The molecule has 2 atom stereocenters. The number of nitrogens with zero attached hydrogens (tertiary/aromatic N) is 1. The Morgan fingerprint density at radius 1 is 1.44 bits per heavy atom. The van der Waals surface area contributed by atoms with Crippen LogP contribution in [0.4, 0.5) is 0 Å². The van der Waals surface area contributed by atoms with Crippen molar-refractivity contribution in [2.45, 2.75) is 25.5 Å². The summed E-state index contributed by atoms with van der Waals surface area (Å²) in [7, 11) is 0. The minimum atomic E-state index is 0.266. The molecule has 2 unspecified atom stereocenters. The largest absolute Gasteiger partial charge is 0.508 e. The highest BCUT2D eigenvalue weighted by Crippen LogP contribution is 2.38. The van der Waals surface area contributed by atoms with Crippen molar-refractivity contribution in [2.75, 3.05) is 26.3 Å². The van der Waals surface area contributed by atoms with Crippen LogP contribution in [0, 0.1) is 0 Å². The van der Waals surface area contributed by atoms with Crippen LogP contribution in [-0.2, 0) is 4.74 Å². The van der Waals surface area contributed by atoms with Crippen molar-refractivity contribution in [2.24, 2.45) is 0 Å². The van der Waals surface area contributed by atoms with Crippen molar-refractivity contribution in [1.29, 1.82) is 0 Å². The van der Waals surface area contributed by atoms with E-state index in [4.69, 9.17) is 9.47 Å². The van der Waals surface area contributed by atoms with Gasteiger partial charge < -0.3 is 14.6 Å². The standard InChI is InChI=1S/C14H19NO3/c1-2-11-8-15(5-6-17-11)13-9-18-14-7-10(16)3-4-12(13)14/h3-4,7,11,13,16H,2,5-6,8-9H2,1H3. The molecule has 1 fully saturated rings. The molecule has 4 heteroatoms. The van der Waals surface area contributed by atoms with Crippen molar-refractivity contribution < 1.29 is 14.6 Å². The summed E-state index contributed by atoms with van der Waals surface area (Å²) >= 11 is 0. The Balaban J connectivity index is 1.79. The lowest BCUT2D eigenvalue weighted by Gasteiger charge is -2.35. The zero-order valence-corrected chi connectivity index (χ0v) is 10.6. The fourth-order valence-corrected chi connectivity index (χ4v) is 2.76. The maximum absolute atomic E-state index is 9.46. The summed E-state index contributed by atoms with van der Waals surface area (Å²) < 4.78 is 11.4. The lowest BCUT2D eigenvalue weighted by atomic mass is 10.1. The molecule has 0 amide bonds. The van der Waals surface area contributed by atoms with Crippen molar-refractivity contribution in [1.82, 2.24) is 4.90 Å². The van der Waals surface area contributed by atoms with Crippen LogP contribution in [-0.4, -0.2) is 42.4 Å². The molecule has 1 aromatic rings. The third-order valence-corrected chi connectivity index (χ3v) is 3.82. The van der Waals surface area contributed by atoms with Crippen LogP contribution in [0.3, 0.4) is 0 Å². The molecule has 0 aromatic heterocycles. The molecule has 2 aliphatic rings. The molecule has 1 saturated heterocycles. The molecule has 0 radical (unpaired) electrons. The minimum absolute atomic E-state index is 0.266. The normalized spacial score (nSPS) is 27.8. The Morgan fingerprint density at radius 2 is 2.33 bits per heavy atom. The van der Waals surface area contributed by atoms with Crippen molar-refractivity contribution in [3.63, 3.8) is 0 Å². The summed E-state index contributed by atoms with van der Waals surface area (Å²) in [4.78, 5) is 2.43. The van der Waals surface area contributed by atoms with Gasteiger partial charge in [-0.25, -0.2) is 0 Å². The fourth-order valence-electron chi connectivity index (χ4n) is 2.76. The monoisotopic (exact) mass is 249 g/mol. The maximum Gasteiger partial charge on any atom is 0.127 e. The molecule has 2 heterocycles. The third kappa shape index (κ3) is 2.06. The van der Waals surface area contributed by atoms with Crippen LogP contribution in [0.5, 0.6) is 11.5 Å². The molecular weight excluding hydrogens is 230 g/mol. The minimum Gasteiger partial charge on any atom is -0.508 e. The highest BCUT2D eigenvalue weighted by atomic mass is 16.5. The number of aromatic hydroxyl groups is 1. The topological polar surface area (TPSA) is 41.9 Å². The number of morpholine rings is 1. The Kier molecular flexibility index (Phi) is 3.14. The van der Waals surface area contributed by atoms with Crippen LogP contribution in [0.2, 0.25) is 0 Å². The van der Waals surface area contributed by atoms with Crippen molar-refractivity contribution >= 4 is 0 Å². The highest BCUT2D eigenvalue weighted by molar-refractivity contribution is 5.44. The predicted octanol–water partition coefficient (Wildman–Crippen LogP) is 1.94. The number of fused-ring (bicyclic) bond motifs is 1. The molecule has 0 aliphatic carbocycles. The molecule has 4 nitrogen and oxygen atoms in total. The van der Waals surface area contributed by atoms with Gasteiger partial charge in [-0.3, -0.25) is 4.90 Å². The van der Waals surface area contributed by atoms with Gasteiger partial charge in [-0.2, -0.15) is 0 Å². The van der Waals surface area contributed by atoms with E-state index in [1.54, 1.807) is 12.1 Å². The molecule has 18 heavy (non-hydrogen) atoms. The molecular formula is C14H19NO3. The van der Waals surface area contributed by atoms with E-state index in [0.29, 0.717) is 18.8 Å². The van der Waals surface area contributed by atoms with Gasteiger partial charge in [0.1, 0.15) is 18.1 Å². The van der Waals surface area contributed by atoms with E-state index < -0.39 is 0 Å². The molecule has 98 valence electrons. The zero-order chi connectivity index (χ0) is 12.5. The van der Waals surface area contributed by atoms with E-state index in [0.717, 1.165) is 31.9 Å². The van der Waals surface area contributed by atoms with Gasteiger partial charge in [0.2, 0.25) is 0 Å². The number of rotatable bonds is 2. The Labute approximate surface area is 107 Å². The number of ether oxygens (including phenoxy) is 2. The van der Waals surface area contributed by atoms with E-state index in [-0.39, 0.29) is 5.75 Å². The summed E-state index contributed by atoms with van der Waals surface area (Å²) in [6.45, 7) is 5.54. The molecule has 0 saturated carbocycles. The zero-order valence-electron chi connectivity index (χ0n) is 10.6. The second-order valence-corrected chi connectivity index (χ2v) is 4.94. The first kappa shape index (κ1) is 11.8. The summed E-state index contributed by atoms with van der Waals surface area (Å²) in [5.41, 5.74) is 1.18. The van der Waals surface area contributed by atoms with Crippen LogP contribution < -0.4 is 4.74 Å². The summed E-state index contributed by atoms with van der Waals surface area (Å²) in [6.07, 6.45) is 1.38. The van der Waals surface area contributed by atoms with Gasteiger partial charge in [-0.15, -0.1) is 0 Å². The third-order valence-electron chi connectivity index (χ3n) is 3.82. The number of hydrogen-bond acceptors (Lipinski definition) is 4. The van der Waals surface area contributed by atoms with Gasteiger partial charge >= 0.3 is 0 Å². The van der Waals surface area contributed by atoms with Gasteiger partial charge in [0.05, 0.1) is 18.8 Å². The molecule has 3 rings (SSSR count). The van der Waals surface area contributed by atoms with Gasteiger partial charge in [-0.05, 0) is 18.6 Å². The first-order valence-electron chi connectivity index (χ1n) is 6.59. The van der Waals surface area contributed by atoms with Crippen LogP contribution in [0.1, 0.15) is 24.9 Å². The smallest absolute Gasteiger partial charge is 0.127 e. The second kappa shape index (κ2) is 4.78. The molecule has 0 bridgehead atoms. The molecule has 1 N–H and O–H groups in total. The van der Waals surface area contributed by atoms with E-state index in [9.17, 15) is 5.11 Å². The Bertz CT molecular complexity index is 435. The lowest BCUT2D eigenvalue weighted by Crippen LogP contribution is -2.44. The first-order chi connectivity index (χ1) is 8.78. The van der Waals surface area contributed by atoms with Crippen molar-refractivity contribution in [3.05, 3.63) is 23.8 Å². The van der Waals surface area contributed by atoms with Gasteiger partial charge in [-0.1, -0.05) is 6.92 Å². The fraction of sp³-hybridized carbons (Fsp3) is 0.571. The van der Waals surface area contributed by atoms with Gasteiger partial charge in [0.25, 0.3) is 0 Å². The molecule has 2 aliphatic heterocycles. The number of hydrogen-bond donors (Lipinski definition) is 1. The van der Waals surface area contributed by atoms with Gasteiger partial charge in [0.15, 0.2) is 0 Å². The Hall–Kier alpha value is -1.26. The molecule has 0 spiro atoms. The highest BCUT2D eigenvalue weighted by Gasteiger charge is 2.32. The summed E-state index contributed by atoms with van der Waals surface area (Å²) in [6, 6.07) is 5.71. The average Bonchev–Trinajstić information content (AvgIpc) is 2.81. The van der Waals surface area contributed by atoms with E-state index in [1.165, 1.54) is 5.56 Å². The van der Waals surface area contributed by atoms with Crippen LogP contribution in [0.15, 0.2) is 18.2 Å². The number of phenols is 1. The quantitative estimate of drug-likeness (QED) is 0.869. The number of benzene rings is 1. The van der Waals surface area contributed by atoms with Crippen molar-refractivity contribution in [3.8, 4) is 11.5 Å². The van der Waals surface area contributed by atoms with E-state index in [1.807, 2.05) is 6.07 Å². The Morgan fingerprint density at radius 3 is 3.17 bits per heavy atom. The SMILES string of the molecule is CCC1CN(C2COc3cc(O)ccc32)CCO1. The summed E-state index contributed by atoms with van der Waals surface area (Å²) in [5, 5.41) is 9.46. The predicted molar refractivity (Wildman–Crippen MR) is 67.9 cm³/mol. The van der Waals surface area contributed by atoms with Gasteiger partial charge in [0, 0.05) is 24.7 Å². The summed E-state index contributed by atoms with van der Waals surface area (Å²) in [5.74, 6) is 1.09. The second-order valence-electron chi connectivity index (χ2n) is 4.94. The van der Waals surface area contributed by atoms with E-state index >= 15 is 0 Å². The lowest BCUT2D eigenvalue weighted by molar-refractivity contribution is -0.0469. The van der Waals surface area contributed by atoms with E-state index in [2.05, 4.69) is 11.8 Å². The number of phenolic OH excluding ortho intramolecular Hbond substituents is 1. The van der Waals surface area contributed by atoms with Crippen LogP contribution in [0.25, 0.3) is 0 Å².